The third-order valence-corrected chi connectivity index (χ3v) is 3.53. The van der Waals surface area contributed by atoms with Gasteiger partial charge in [0.15, 0.2) is 0 Å². The number of aromatic amines is 1. The average Bonchev–Trinajstić information content (AvgIpc) is 2.76. The summed E-state index contributed by atoms with van der Waals surface area (Å²) in [7, 11) is 0. The number of aromatic nitrogens is 2. The van der Waals surface area contributed by atoms with Crippen LogP contribution in [0.4, 0.5) is 5.69 Å². The summed E-state index contributed by atoms with van der Waals surface area (Å²) < 4.78 is 0. The summed E-state index contributed by atoms with van der Waals surface area (Å²) in [5, 5.41) is 18.6. The number of phenols is 1. The van der Waals surface area contributed by atoms with E-state index in [0.29, 0.717) is 22.0 Å². The zero-order valence-corrected chi connectivity index (χ0v) is 11.0. The zero-order chi connectivity index (χ0) is 13.6. The molecule has 3 aromatic rings. The molecule has 1 heterocycles. The van der Waals surface area contributed by atoms with Gasteiger partial charge in [-0.1, -0.05) is 11.6 Å². The number of H-pyrrole nitrogens is 1. The van der Waals surface area contributed by atoms with Crippen molar-refractivity contribution in [1.82, 2.24) is 10.2 Å². The molecule has 0 radical (unpaired) electrons. The quantitative estimate of drug-likeness (QED) is 0.594. The van der Waals surface area contributed by atoms with Crippen LogP contribution in [0.15, 0.2) is 30.3 Å². The summed E-state index contributed by atoms with van der Waals surface area (Å²) in [5.41, 5.74) is 9.46. The molecule has 0 aliphatic carbocycles. The maximum Gasteiger partial charge on any atom is 0.126 e. The van der Waals surface area contributed by atoms with Gasteiger partial charge >= 0.3 is 0 Å². The van der Waals surface area contributed by atoms with E-state index in [0.717, 1.165) is 16.5 Å². The lowest BCUT2D eigenvalue weighted by atomic mass is 10.0. The second-order valence-electron chi connectivity index (χ2n) is 4.50. The highest BCUT2D eigenvalue weighted by atomic mass is 35.5. The molecule has 0 saturated carbocycles. The number of fused-ring (bicyclic) bond motifs is 1. The molecule has 0 amide bonds. The molecule has 2 aromatic carbocycles. The van der Waals surface area contributed by atoms with Gasteiger partial charge in [0, 0.05) is 21.7 Å². The molecular formula is C14H12ClN3O. The van der Waals surface area contributed by atoms with E-state index in [9.17, 15) is 5.11 Å². The molecular weight excluding hydrogens is 262 g/mol. The fourth-order valence-electron chi connectivity index (χ4n) is 2.10. The maximum atomic E-state index is 10.0. The number of aryl methyl sites for hydroxylation is 1. The first-order chi connectivity index (χ1) is 9.06. The first-order valence-electron chi connectivity index (χ1n) is 5.79. The van der Waals surface area contributed by atoms with Crippen LogP contribution >= 0.6 is 11.6 Å². The summed E-state index contributed by atoms with van der Waals surface area (Å²) in [4.78, 5) is 0. The van der Waals surface area contributed by atoms with Gasteiger partial charge in [-0.05, 0) is 42.8 Å². The van der Waals surface area contributed by atoms with Gasteiger partial charge in [-0.2, -0.15) is 5.10 Å². The number of anilines is 1. The molecule has 0 bridgehead atoms. The predicted octanol–water partition coefficient (Wildman–Crippen LogP) is 3.48. The second-order valence-corrected chi connectivity index (χ2v) is 4.90. The number of nitrogens with two attached hydrogens (primary N) is 1. The molecule has 4 N–H and O–H groups in total. The summed E-state index contributed by atoms with van der Waals surface area (Å²) in [6.45, 7) is 1.89. The Balaban J connectivity index is 2.28. The zero-order valence-electron chi connectivity index (χ0n) is 10.2. The summed E-state index contributed by atoms with van der Waals surface area (Å²) in [6.07, 6.45) is 0. The minimum Gasteiger partial charge on any atom is -0.507 e. The van der Waals surface area contributed by atoms with Crippen molar-refractivity contribution in [3.8, 4) is 17.0 Å². The standard InChI is InChI=1S/C14H12ClN3O/c1-7-4-10(13(19)6-11(7)15)14-9-3-2-8(16)5-12(9)17-18-14/h2-6,19H,16H2,1H3,(H,17,18). The van der Waals surface area contributed by atoms with E-state index in [2.05, 4.69) is 10.2 Å². The van der Waals surface area contributed by atoms with Gasteiger partial charge in [-0.3, -0.25) is 5.10 Å². The molecule has 0 saturated heterocycles. The highest BCUT2D eigenvalue weighted by Gasteiger charge is 2.13. The van der Waals surface area contributed by atoms with Crippen LogP contribution in [0.5, 0.6) is 5.75 Å². The fourth-order valence-corrected chi connectivity index (χ4v) is 2.26. The number of nitrogens with zero attached hydrogens (tertiary/aromatic N) is 1. The van der Waals surface area contributed by atoms with Gasteiger partial charge in [0.2, 0.25) is 0 Å². The van der Waals surface area contributed by atoms with Crippen LogP contribution in [0, 0.1) is 6.92 Å². The second kappa shape index (κ2) is 4.17. The molecule has 19 heavy (non-hydrogen) atoms. The molecule has 0 aliphatic rings. The lowest BCUT2D eigenvalue weighted by Crippen LogP contribution is -1.85. The lowest BCUT2D eigenvalue weighted by Gasteiger charge is -2.05. The number of nitrogen functional groups attached to an aromatic ring is 1. The van der Waals surface area contributed by atoms with E-state index in [-0.39, 0.29) is 5.75 Å². The monoisotopic (exact) mass is 273 g/mol. The summed E-state index contributed by atoms with van der Waals surface area (Å²) in [6, 6.07) is 8.85. The Morgan fingerprint density at radius 3 is 2.84 bits per heavy atom. The minimum absolute atomic E-state index is 0.112. The van der Waals surface area contributed by atoms with E-state index in [1.807, 2.05) is 25.1 Å². The van der Waals surface area contributed by atoms with Gasteiger partial charge in [0.1, 0.15) is 11.4 Å². The first kappa shape index (κ1) is 11.9. The smallest absolute Gasteiger partial charge is 0.126 e. The van der Waals surface area contributed by atoms with Gasteiger partial charge in [0.25, 0.3) is 0 Å². The first-order valence-corrected chi connectivity index (χ1v) is 6.17. The van der Waals surface area contributed by atoms with Crippen LogP contribution in [-0.2, 0) is 0 Å². The Morgan fingerprint density at radius 2 is 2.05 bits per heavy atom. The Hall–Kier alpha value is -2.20. The number of halogens is 1. The van der Waals surface area contributed by atoms with Crippen LogP contribution in [0.2, 0.25) is 5.02 Å². The number of hydrogen-bond acceptors (Lipinski definition) is 3. The highest BCUT2D eigenvalue weighted by Crippen LogP contribution is 2.36. The van der Waals surface area contributed by atoms with Gasteiger partial charge in [0.05, 0.1) is 5.52 Å². The van der Waals surface area contributed by atoms with Crippen molar-refractivity contribution >= 4 is 28.2 Å². The molecule has 3 rings (SSSR count). The van der Waals surface area contributed by atoms with Gasteiger partial charge in [-0.25, -0.2) is 0 Å². The molecule has 1 aromatic heterocycles. The van der Waals surface area contributed by atoms with E-state index < -0.39 is 0 Å². The maximum absolute atomic E-state index is 10.0. The molecule has 5 heteroatoms. The third kappa shape index (κ3) is 1.90. The Bertz CT molecular complexity index is 780. The van der Waals surface area contributed by atoms with Crippen molar-refractivity contribution in [2.24, 2.45) is 0 Å². The van der Waals surface area contributed by atoms with E-state index in [1.165, 1.54) is 6.07 Å². The van der Waals surface area contributed by atoms with Crippen LogP contribution < -0.4 is 5.73 Å². The normalized spacial score (nSPS) is 11.1. The Labute approximate surface area is 114 Å². The van der Waals surface area contributed by atoms with E-state index in [1.54, 1.807) is 6.07 Å². The van der Waals surface area contributed by atoms with Crippen molar-refractivity contribution in [1.29, 1.82) is 0 Å². The van der Waals surface area contributed by atoms with Crippen LogP contribution in [0.3, 0.4) is 0 Å². The summed E-state index contributed by atoms with van der Waals surface area (Å²) >= 11 is 5.98. The number of nitrogens with one attached hydrogen (secondary N) is 1. The molecule has 0 atom stereocenters. The van der Waals surface area contributed by atoms with Crippen molar-refractivity contribution in [2.75, 3.05) is 5.73 Å². The predicted molar refractivity (Wildman–Crippen MR) is 77.4 cm³/mol. The molecule has 0 aliphatic heterocycles. The van der Waals surface area contributed by atoms with Crippen molar-refractivity contribution < 1.29 is 5.11 Å². The molecule has 96 valence electrons. The molecule has 4 nitrogen and oxygen atoms in total. The van der Waals surface area contributed by atoms with Crippen molar-refractivity contribution in [2.45, 2.75) is 6.92 Å². The van der Waals surface area contributed by atoms with E-state index >= 15 is 0 Å². The van der Waals surface area contributed by atoms with Gasteiger partial charge < -0.3 is 10.8 Å². The number of hydrogen-bond donors (Lipinski definition) is 3. The van der Waals surface area contributed by atoms with Crippen LogP contribution in [0.25, 0.3) is 22.2 Å². The number of aromatic hydroxyl groups is 1. The molecule has 0 unspecified atom stereocenters. The Morgan fingerprint density at radius 1 is 1.26 bits per heavy atom. The number of rotatable bonds is 1. The number of benzene rings is 2. The summed E-state index contributed by atoms with van der Waals surface area (Å²) in [5.74, 6) is 0.112. The molecule has 0 spiro atoms. The van der Waals surface area contributed by atoms with Gasteiger partial charge in [-0.15, -0.1) is 0 Å². The molecule has 0 fully saturated rings. The fraction of sp³-hybridized carbons (Fsp3) is 0.0714. The van der Waals surface area contributed by atoms with Crippen molar-refractivity contribution in [3.05, 3.63) is 40.9 Å². The third-order valence-electron chi connectivity index (χ3n) is 3.12. The highest BCUT2D eigenvalue weighted by molar-refractivity contribution is 6.31. The Kier molecular flexibility index (Phi) is 2.61. The van der Waals surface area contributed by atoms with Crippen molar-refractivity contribution in [3.63, 3.8) is 0 Å². The van der Waals surface area contributed by atoms with E-state index in [4.69, 9.17) is 17.3 Å². The largest absolute Gasteiger partial charge is 0.507 e. The number of phenolic OH excluding ortho intramolecular Hbond substituents is 1. The average molecular weight is 274 g/mol. The van der Waals surface area contributed by atoms with Crippen LogP contribution in [0.1, 0.15) is 5.56 Å². The lowest BCUT2D eigenvalue weighted by molar-refractivity contribution is 0.477. The minimum atomic E-state index is 0.112. The van der Waals surface area contributed by atoms with Crippen LogP contribution in [-0.4, -0.2) is 15.3 Å². The SMILES string of the molecule is Cc1cc(-c2n[nH]c3cc(N)ccc23)c(O)cc1Cl. The topological polar surface area (TPSA) is 74.9 Å².